The van der Waals surface area contributed by atoms with Gasteiger partial charge in [-0.05, 0) is 53.4 Å². The average molecular weight is 526 g/mol. The van der Waals surface area contributed by atoms with Gasteiger partial charge in [0.05, 0.1) is 22.8 Å². The summed E-state index contributed by atoms with van der Waals surface area (Å²) in [5.41, 5.74) is -2.85. The van der Waals surface area contributed by atoms with Crippen LogP contribution in [0.5, 0.6) is 5.75 Å². The fraction of sp³-hybridized carbons (Fsp3) is 0.412. The van der Waals surface area contributed by atoms with Crippen molar-refractivity contribution < 1.29 is 22.9 Å². The Kier molecular flexibility index (Phi) is 7.86. The third-order valence-electron chi connectivity index (χ3n) is 3.90. The molecule has 2 N–H and O–H groups in total. The number of aromatic amines is 1. The summed E-state index contributed by atoms with van der Waals surface area (Å²) < 4.78 is 41.2. The van der Waals surface area contributed by atoms with Gasteiger partial charge in [-0.3, -0.25) is 5.10 Å². The standard InChI is InChI=1S/C17H19BrF2N3O3PS2/c1-3-26-27(24)17(19,20)15-13(18)11-7-10(16-21-9-22-23-16)8-12(14(11)29-15)25-5-4-6-28-2/h7-9,24H,3-6H2,1-2H3,(H,21,22,23). The lowest BCUT2D eigenvalue weighted by Gasteiger charge is -2.20. The van der Waals surface area contributed by atoms with Crippen LogP contribution in [0.3, 0.4) is 0 Å². The van der Waals surface area contributed by atoms with Crippen LogP contribution in [0.15, 0.2) is 22.9 Å². The van der Waals surface area contributed by atoms with Crippen LogP contribution in [0, 0.1) is 0 Å². The van der Waals surface area contributed by atoms with Crippen molar-refractivity contribution in [1.29, 1.82) is 0 Å². The van der Waals surface area contributed by atoms with E-state index in [2.05, 4.69) is 31.1 Å². The number of ether oxygens (including phenoxy) is 1. The first kappa shape index (κ1) is 22.8. The quantitative estimate of drug-likeness (QED) is 0.250. The normalized spacial score (nSPS) is 13.2. The number of aromatic nitrogens is 3. The fourth-order valence-corrected chi connectivity index (χ4v) is 6.17. The Bertz CT molecular complexity index is 959. The molecule has 0 spiro atoms. The van der Waals surface area contributed by atoms with Crippen LogP contribution in [0.4, 0.5) is 8.78 Å². The highest BCUT2D eigenvalue weighted by molar-refractivity contribution is 9.10. The minimum absolute atomic E-state index is 0.000247. The monoisotopic (exact) mass is 525 g/mol. The molecule has 1 atom stereocenters. The van der Waals surface area contributed by atoms with Gasteiger partial charge in [-0.15, -0.1) is 11.3 Å². The Morgan fingerprint density at radius 3 is 2.86 bits per heavy atom. The molecule has 0 aliphatic heterocycles. The Balaban J connectivity index is 2.09. The number of fused-ring (bicyclic) bond motifs is 1. The number of thiophene rings is 1. The molecule has 3 rings (SSSR count). The number of alkyl halides is 2. The van der Waals surface area contributed by atoms with Crippen molar-refractivity contribution in [1.82, 2.24) is 15.2 Å². The van der Waals surface area contributed by atoms with E-state index < -0.39 is 14.0 Å². The first-order valence-electron chi connectivity index (χ1n) is 8.64. The van der Waals surface area contributed by atoms with Gasteiger partial charge in [-0.25, -0.2) is 4.98 Å². The number of rotatable bonds is 10. The van der Waals surface area contributed by atoms with Crippen LogP contribution < -0.4 is 4.74 Å². The van der Waals surface area contributed by atoms with Crippen molar-refractivity contribution in [2.24, 2.45) is 0 Å². The lowest BCUT2D eigenvalue weighted by Crippen LogP contribution is -2.11. The number of hydrogen-bond acceptors (Lipinski definition) is 7. The molecule has 2 aromatic heterocycles. The van der Waals surface area contributed by atoms with Crippen LogP contribution in [-0.4, -0.2) is 45.3 Å². The largest absolute Gasteiger partial charge is 0.492 e. The highest BCUT2D eigenvalue weighted by Crippen LogP contribution is 2.61. The summed E-state index contributed by atoms with van der Waals surface area (Å²) in [6, 6.07) is 3.50. The van der Waals surface area contributed by atoms with Gasteiger partial charge in [0.2, 0.25) is 8.38 Å². The Morgan fingerprint density at radius 2 is 2.21 bits per heavy atom. The summed E-state index contributed by atoms with van der Waals surface area (Å²) in [7, 11) is -2.95. The van der Waals surface area contributed by atoms with E-state index in [-0.39, 0.29) is 16.0 Å². The number of thioether (sulfide) groups is 1. The molecule has 3 aromatic rings. The van der Waals surface area contributed by atoms with Gasteiger partial charge in [-0.1, -0.05) is 0 Å². The van der Waals surface area contributed by atoms with E-state index >= 15 is 0 Å². The molecule has 0 aliphatic rings. The third-order valence-corrected chi connectivity index (χ3v) is 8.33. The van der Waals surface area contributed by atoms with E-state index in [4.69, 9.17) is 9.26 Å². The van der Waals surface area contributed by atoms with Crippen LogP contribution in [0.1, 0.15) is 18.2 Å². The summed E-state index contributed by atoms with van der Waals surface area (Å²) >= 11 is 5.90. The number of nitrogens with one attached hydrogen (secondary N) is 1. The second-order valence-corrected chi connectivity index (χ2v) is 10.0. The molecule has 2 heterocycles. The molecule has 0 aliphatic carbocycles. The molecule has 29 heavy (non-hydrogen) atoms. The molecule has 0 bridgehead atoms. The van der Waals surface area contributed by atoms with Crippen molar-refractivity contribution in [2.45, 2.75) is 19.0 Å². The van der Waals surface area contributed by atoms with Gasteiger partial charge in [-0.2, -0.15) is 25.6 Å². The van der Waals surface area contributed by atoms with E-state index in [9.17, 15) is 13.7 Å². The van der Waals surface area contributed by atoms with Gasteiger partial charge >= 0.3 is 5.66 Å². The van der Waals surface area contributed by atoms with Crippen LogP contribution in [0.25, 0.3) is 21.5 Å². The molecule has 0 saturated heterocycles. The number of hydrogen-bond donors (Lipinski definition) is 2. The second-order valence-electron chi connectivity index (χ2n) is 5.86. The number of benzene rings is 1. The second kappa shape index (κ2) is 9.98. The van der Waals surface area contributed by atoms with Crippen LogP contribution in [-0.2, 0) is 10.2 Å². The topological polar surface area (TPSA) is 80.3 Å². The minimum atomic E-state index is -3.52. The SMILES string of the molecule is CCOP(O)C(F)(F)c1sc2c(OCCCSC)cc(-c3ncn[nH]3)cc2c1Br. The number of nitrogens with zero attached hydrogens (tertiary/aromatic N) is 2. The zero-order valence-electron chi connectivity index (χ0n) is 15.6. The maximum Gasteiger partial charge on any atom is 0.349 e. The molecule has 1 unspecified atom stereocenters. The van der Waals surface area contributed by atoms with Crippen molar-refractivity contribution in [3.8, 4) is 17.1 Å². The molecule has 6 nitrogen and oxygen atoms in total. The molecule has 1 aromatic carbocycles. The summed E-state index contributed by atoms with van der Waals surface area (Å²) in [5.74, 6) is 1.93. The average Bonchev–Trinajstić information content (AvgIpc) is 3.34. The van der Waals surface area contributed by atoms with Crippen molar-refractivity contribution in [3.63, 3.8) is 0 Å². The lowest BCUT2D eigenvalue weighted by atomic mass is 10.1. The molecular weight excluding hydrogens is 507 g/mol. The van der Waals surface area contributed by atoms with Crippen molar-refractivity contribution in [3.05, 3.63) is 27.8 Å². The van der Waals surface area contributed by atoms with Crippen molar-refractivity contribution >= 4 is 57.5 Å². The highest BCUT2D eigenvalue weighted by Gasteiger charge is 2.46. The van der Waals surface area contributed by atoms with Gasteiger partial charge in [0.25, 0.3) is 0 Å². The third kappa shape index (κ3) is 4.91. The first-order chi connectivity index (χ1) is 13.9. The molecule has 0 amide bonds. The lowest BCUT2D eigenvalue weighted by molar-refractivity contribution is 0.0687. The summed E-state index contributed by atoms with van der Waals surface area (Å²) in [6.07, 6.45) is 4.22. The van der Waals surface area contributed by atoms with E-state index in [1.807, 2.05) is 6.26 Å². The number of halogens is 3. The first-order valence-corrected chi connectivity index (χ1v) is 12.9. The molecule has 12 heteroatoms. The van der Waals surface area contributed by atoms with E-state index in [0.717, 1.165) is 23.5 Å². The zero-order chi connectivity index (χ0) is 21.0. The highest BCUT2D eigenvalue weighted by atomic mass is 79.9. The predicted molar refractivity (Wildman–Crippen MR) is 118 cm³/mol. The maximum atomic E-state index is 14.9. The summed E-state index contributed by atoms with van der Waals surface area (Å²) in [4.78, 5) is 13.7. The molecule has 0 radical (unpaired) electrons. The fourth-order valence-electron chi connectivity index (χ4n) is 2.60. The molecular formula is C17H19BrF2N3O3PS2. The Morgan fingerprint density at radius 1 is 1.41 bits per heavy atom. The number of H-pyrrole nitrogens is 1. The van der Waals surface area contributed by atoms with Crippen LogP contribution in [0.2, 0.25) is 0 Å². The molecule has 0 fully saturated rings. The maximum absolute atomic E-state index is 14.9. The van der Waals surface area contributed by atoms with Gasteiger partial charge in [0, 0.05) is 15.4 Å². The van der Waals surface area contributed by atoms with Gasteiger partial charge < -0.3 is 14.2 Å². The summed E-state index contributed by atoms with van der Waals surface area (Å²) in [5, 5.41) is 7.18. The zero-order valence-corrected chi connectivity index (χ0v) is 19.7. The van der Waals surface area contributed by atoms with E-state index in [1.165, 1.54) is 6.33 Å². The predicted octanol–water partition coefficient (Wildman–Crippen LogP) is 5.97. The smallest absolute Gasteiger partial charge is 0.349 e. The van der Waals surface area contributed by atoms with Gasteiger partial charge in [0.15, 0.2) is 5.82 Å². The van der Waals surface area contributed by atoms with E-state index in [0.29, 0.717) is 33.8 Å². The van der Waals surface area contributed by atoms with Crippen molar-refractivity contribution in [2.75, 3.05) is 25.2 Å². The minimum Gasteiger partial charge on any atom is -0.492 e. The van der Waals surface area contributed by atoms with E-state index in [1.54, 1.807) is 30.8 Å². The molecule has 0 saturated carbocycles. The Hall–Kier alpha value is -0.840. The summed E-state index contributed by atoms with van der Waals surface area (Å²) in [6.45, 7) is 2.02. The Labute approximate surface area is 184 Å². The van der Waals surface area contributed by atoms with Gasteiger partial charge in [0.1, 0.15) is 12.1 Å². The van der Waals surface area contributed by atoms with Crippen LogP contribution >= 0.6 is 47.4 Å². The molecule has 158 valence electrons.